The first-order valence-corrected chi connectivity index (χ1v) is 10.3. The van der Waals surface area contributed by atoms with Crippen LogP contribution in [-0.4, -0.2) is 39.0 Å². The zero-order chi connectivity index (χ0) is 22.2. The second kappa shape index (κ2) is 10.5. The summed E-state index contributed by atoms with van der Waals surface area (Å²) in [5.41, 5.74) is 1.71. The summed E-state index contributed by atoms with van der Waals surface area (Å²) in [6.07, 6.45) is 2.98. The maximum absolute atomic E-state index is 12.3. The predicted molar refractivity (Wildman–Crippen MR) is 120 cm³/mol. The molecule has 2 aromatic carbocycles. The van der Waals surface area contributed by atoms with Crippen LogP contribution in [-0.2, 0) is 9.59 Å². The third kappa shape index (κ3) is 6.48. The van der Waals surface area contributed by atoms with Gasteiger partial charge in [0.05, 0.1) is 0 Å². The summed E-state index contributed by atoms with van der Waals surface area (Å²) in [7, 11) is 0. The molecule has 3 rings (SSSR count). The van der Waals surface area contributed by atoms with Gasteiger partial charge in [0, 0.05) is 34.4 Å². The van der Waals surface area contributed by atoms with E-state index in [4.69, 9.17) is 0 Å². The van der Waals surface area contributed by atoms with E-state index in [2.05, 4.69) is 42.0 Å². The van der Waals surface area contributed by atoms with Crippen LogP contribution in [0.15, 0.2) is 65.7 Å². The van der Waals surface area contributed by atoms with Gasteiger partial charge in [-0.1, -0.05) is 15.9 Å². The van der Waals surface area contributed by atoms with Crippen LogP contribution in [0, 0.1) is 0 Å². The molecular weight excluding hydrogens is 464 g/mol. The number of nitrogens with one attached hydrogen (secondary N) is 3. The Hall–Kier alpha value is -3.53. The zero-order valence-electron chi connectivity index (χ0n) is 16.7. The first kappa shape index (κ1) is 22.2. The average Bonchev–Trinajstić information content (AvgIpc) is 3.30. The second-order valence-electron chi connectivity index (χ2n) is 6.68. The van der Waals surface area contributed by atoms with Crippen molar-refractivity contribution in [1.29, 1.82) is 0 Å². The van der Waals surface area contributed by atoms with Crippen molar-refractivity contribution in [3.8, 4) is 0 Å². The number of aromatic nitrogens is 3. The van der Waals surface area contributed by atoms with Crippen LogP contribution in [0.2, 0.25) is 0 Å². The molecular formula is C21H21BrN6O3. The van der Waals surface area contributed by atoms with Crippen LogP contribution < -0.4 is 16.0 Å². The Bertz CT molecular complexity index is 1040. The smallest absolute Gasteiger partial charge is 0.251 e. The Morgan fingerprint density at radius 1 is 1.00 bits per heavy atom. The molecule has 160 valence electrons. The molecule has 0 fully saturated rings. The first-order chi connectivity index (χ1) is 14.9. The van der Waals surface area contributed by atoms with Crippen LogP contribution in [0.5, 0.6) is 0 Å². The highest BCUT2D eigenvalue weighted by Gasteiger charge is 2.15. The van der Waals surface area contributed by atoms with Crippen molar-refractivity contribution in [3.05, 3.63) is 71.2 Å². The largest absolute Gasteiger partial charge is 0.352 e. The van der Waals surface area contributed by atoms with Gasteiger partial charge in [0.25, 0.3) is 5.91 Å². The van der Waals surface area contributed by atoms with Gasteiger partial charge in [-0.25, -0.2) is 9.67 Å². The highest BCUT2D eigenvalue weighted by molar-refractivity contribution is 9.10. The molecule has 0 saturated carbocycles. The molecule has 3 aromatic rings. The van der Waals surface area contributed by atoms with Crippen molar-refractivity contribution in [1.82, 2.24) is 20.1 Å². The van der Waals surface area contributed by atoms with Gasteiger partial charge < -0.3 is 16.0 Å². The number of amides is 3. The van der Waals surface area contributed by atoms with Crippen molar-refractivity contribution in [3.63, 3.8) is 0 Å². The monoisotopic (exact) mass is 484 g/mol. The van der Waals surface area contributed by atoms with Crippen LogP contribution in [0.1, 0.15) is 29.7 Å². The number of rotatable bonds is 8. The summed E-state index contributed by atoms with van der Waals surface area (Å²) in [4.78, 5) is 40.2. The highest BCUT2D eigenvalue weighted by Crippen LogP contribution is 2.16. The molecule has 0 aliphatic carbocycles. The third-order valence-electron chi connectivity index (χ3n) is 4.39. The lowest BCUT2D eigenvalue weighted by Gasteiger charge is -2.12. The number of nitrogens with zero attached hydrogens (tertiary/aromatic N) is 3. The average molecular weight is 485 g/mol. The number of benzene rings is 2. The Balaban J connectivity index is 1.42. The summed E-state index contributed by atoms with van der Waals surface area (Å²) in [6.45, 7) is 1.93. The normalized spacial score (nSPS) is 11.4. The number of halogens is 1. The number of hydrogen-bond acceptors (Lipinski definition) is 5. The Kier molecular flexibility index (Phi) is 7.50. The zero-order valence-corrected chi connectivity index (χ0v) is 18.3. The number of carbonyl (C=O) groups is 3. The second-order valence-corrected chi connectivity index (χ2v) is 7.59. The van der Waals surface area contributed by atoms with Crippen molar-refractivity contribution in [2.24, 2.45) is 0 Å². The van der Waals surface area contributed by atoms with E-state index in [0.29, 0.717) is 16.9 Å². The van der Waals surface area contributed by atoms with E-state index in [1.54, 1.807) is 55.5 Å². The summed E-state index contributed by atoms with van der Waals surface area (Å²) in [5, 5.41) is 12.2. The van der Waals surface area contributed by atoms with Gasteiger partial charge >= 0.3 is 0 Å². The Labute approximate surface area is 187 Å². The fourth-order valence-corrected chi connectivity index (χ4v) is 2.90. The van der Waals surface area contributed by atoms with Crippen LogP contribution in [0.4, 0.5) is 11.4 Å². The molecule has 0 aliphatic rings. The van der Waals surface area contributed by atoms with E-state index in [1.807, 2.05) is 0 Å². The molecule has 0 radical (unpaired) electrons. The van der Waals surface area contributed by atoms with Gasteiger partial charge in [0.1, 0.15) is 18.7 Å². The van der Waals surface area contributed by atoms with E-state index in [1.165, 1.54) is 17.3 Å². The van der Waals surface area contributed by atoms with E-state index in [9.17, 15) is 14.4 Å². The molecule has 0 saturated heterocycles. The lowest BCUT2D eigenvalue weighted by Crippen LogP contribution is -2.27. The topological polar surface area (TPSA) is 118 Å². The van der Waals surface area contributed by atoms with Gasteiger partial charge in [-0.3, -0.25) is 14.4 Å². The standard InChI is InChI=1S/C21H21BrN6O3/c1-14(28-13-23-12-25-28)20(30)27-18-8-6-17(7-9-18)26-19(29)10-11-24-21(31)15-2-4-16(22)5-3-15/h2-9,12-14H,10-11H2,1H3,(H,24,31)(H,26,29)(H,27,30). The minimum Gasteiger partial charge on any atom is -0.352 e. The first-order valence-electron chi connectivity index (χ1n) is 9.51. The molecule has 10 heteroatoms. The molecule has 3 amide bonds. The van der Waals surface area contributed by atoms with Gasteiger partial charge in [-0.15, -0.1) is 0 Å². The Morgan fingerprint density at radius 3 is 2.26 bits per heavy atom. The highest BCUT2D eigenvalue weighted by atomic mass is 79.9. The van der Waals surface area contributed by atoms with Crippen molar-refractivity contribution in [2.45, 2.75) is 19.4 Å². The molecule has 0 bridgehead atoms. The van der Waals surface area contributed by atoms with E-state index in [-0.39, 0.29) is 30.7 Å². The van der Waals surface area contributed by atoms with Crippen molar-refractivity contribution < 1.29 is 14.4 Å². The number of carbonyl (C=O) groups excluding carboxylic acids is 3. The van der Waals surface area contributed by atoms with E-state index in [0.717, 1.165) is 4.47 Å². The van der Waals surface area contributed by atoms with Gasteiger partial charge in [-0.2, -0.15) is 5.10 Å². The minimum atomic E-state index is -0.505. The molecule has 3 N–H and O–H groups in total. The molecule has 0 aliphatic heterocycles. The summed E-state index contributed by atoms with van der Waals surface area (Å²) >= 11 is 3.32. The molecule has 1 aromatic heterocycles. The summed E-state index contributed by atoms with van der Waals surface area (Å²) in [6, 6.07) is 13.2. The van der Waals surface area contributed by atoms with Crippen molar-refractivity contribution >= 4 is 45.0 Å². The fourth-order valence-electron chi connectivity index (χ4n) is 2.64. The van der Waals surface area contributed by atoms with Crippen LogP contribution in [0.25, 0.3) is 0 Å². The molecule has 9 nitrogen and oxygen atoms in total. The summed E-state index contributed by atoms with van der Waals surface area (Å²) in [5.74, 6) is -0.697. The number of hydrogen-bond donors (Lipinski definition) is 3. The van der Waals surface area contributed by atoms with Gasteiger partial charge in [0.2, 0.25) is 11.8 Å². The maximum atomic E-state index is 12.3. The van der Waals surface area contributed by atoms with E-state index < -0.39 is 6.04 Å². The third-order valence-corrected chi connectivity index (χ3v) is 4.92. The van der Waals surface area contributed by atoms with Crippen molar-refractivity contribution in [2.75, 3.05) is 17.2 Å². The molecule has 1 atom stereocenters. The predicted octanol–water partition coefficient (Wildman–Crippen LogP) is 3.00. The fraction of sp³-hybridized carbons (Fsp3) is 0.190. The molecule has 1 unspecified atom stereocenters. The van der Waals surface area contributed by atoms with Crippen LogP contribution >= 0.6 is 15.9 Å². The molecule has 1 heterocycles. The summed E-state index contributed by atoms with van der Waals surface area (Å²) < 4.78 is 2.35. The lowest BCUT2D eigenvalue weighted by molar-refractivity contribution is -0.119. The SMILES string of the molecule is CC(C(=O)Nc1ccc(NC(=O)CCNC(=O)c2ccc(Br)cc2)cc1)n1cncn1. The quantitative estimate of drug-likeness (QED) is 0.454. The lowest BCUT2D eigenvalue weighted by atomic mass is 10.2. The maximum Gasteiger partial charge on any atom is 0.251 e. The molecule has 0 spiro atoms. The van der Waals surface area contributed by atoms with E-state index >= 15 is 0 Å². The van der Waals surface area contributed by atoms with Gasteiger partial charge in [-0.05, 0) is 55.5 Å². The number of anilines is 2. The minimum absolute atomic E-state index is 0.135. The van der Waals surface area contributed by atoms with Crippen LogP contribution in [0.3, 0.4) is 0 Å². The molecule has 31 heavy (non-hydrogen) atoms. The van der Waals surface area contributed by atoms with Gasteiger partial charge in [0.15, 0.2) is 0 Å². The Morgan fingerprint density at radius 2 is 1.65 bits per heavy atom.